The molecule has 0 spiro atoms. The zero-order valence-corrected chi connectivity index (χ0v) is 7.28. The van der Waals surface area contributed by atoms with E-state index in [9.17, 15) is 0 Å². The first-order valence-electron chi connectivity index (χ1n) is 3.89. The molecule has 0 saturated heterocycles. The lowest BCUT2D eigenvalue weighted by Crippen LogP contribution is -2.20. The van der Waals surface area contributed by atoms with Crippen molar-refractivity contribution >= 4 is 5.82 Å². The van der Waals surface area contributed by atoms with Crippen LogP contribution in [0.1, 0.15) is 12.7 Å². The van der Waals surface area contributed by atoms with Gasteiger partial charge in [-0.15, -0.1) is 0 Å². The highest BCUT2D eigenvalue weighted by Gasteiger charge is 1.99. The van der Waals surface area contributed by atoms with Gasteiger partial charge in [-0.3, -0.25) is 0 Å². The van der Waals surface area contributed by atoms with Gasteiger partial charge in [0, 0.05) is 12.2 Å². The van der Waals surface area contributed by atoms with Crippen LogP contribution in [0, 0.1) is 6.92 Å². The number of anilines is 1. The Kier molecular flexibility index (Phi) is 2.99. The molecule has 0 fully saturated rings. The molecule has 1 rings (SSSR count). The van der Waals surface area contributed by atoms with E-state index in [0.717, 1.165) is 11.6 Å². The van der Waals surface area contributed by atoms with Gasteiger partial charge in [-0.25, -0.2) is 9.97 Å². The molecule has 1 aromatic heterocycles. The van der Waals surface area contributed by atoms with E-state index in [4.69, 9.17) is 5.11 Å². The Bertz CT molecular complexity index is 252. The quantitative estimate of drug-likeness (QED) is 0.691. The molecule has 0 amide bonds. The second kappa shape index (κ2) is 4.01. The van der Waals surface area contributed by atoms with Gasteiger partial charge in [0.2, 0.25) is 0 Å². The summed E-state index contributed by atoms with van der Waals surface area (Å²) in [5, 5.41) is 11.8. The summed E-state index contributed by atoms with van der Waals surface area (Å²) in [6.07, 6.45) is 1.69. The van der Waals surface area contributed by atoms with Crippen molar-refractivity contribution in [1.29, 1.82) is 0 Å². The Balaban J connectivity index is 2.63. The molecule has 4 nitrogen and oxygen atoms in total. The maximum absolute atomic E-state index is 8.76. The van der Waals surface area contributed by atoms with E-state index < -0.39 is 0 Å². The zero-order valence-electron chi connectivity index (χ0n) is 7.28. The molecule has 1 heterocycles. The summed E-state index contributed by atoms with van der Waals surface area (Å²) < 4.78 is 0. The van der Waals surface area contributed by atoms with Gasteiger partial charge >= 0.3 is 0 Å². The van der Waals surface area contributed by atoms with Crippen LogP contribution in [-0.4, -0.2) is 27.7 Å². The molecule has 0 aliphatic rings. The molecule has 1 unspecified atom stereocenters. The standard InChI is InChI=1S/C8H13N3O/c1-6(5-12)10-8-3-4-9-7(2)11-8/h3-4,6,12H,5H2,1-2H3,(H,9,10,11). The highest BCUT2D eigenvalue weighted by molar-refractivity contribution is 5.33. The maximum Gasteiger partial charge on any atom is 0.129 e. The van der Waals surface area contributed by atoms with Crippen LogP contribution in [-0.2, 0) is 0 Å². The summed E-state index contributed by atoms with van der Waals surface area (Å²) in [5.74, 6) is 1.48. The van der Waals surface area contributed by atoms with E-state index in [1.807, 2.05) is 13.8 Å². The van der Waals surface area contributed by atoms with E-state index in [2.05, 4.69) is 15.3 Å². The van der Waals surface area contributed by atoms with Crippen LogP contribution in [0.2, 0.25) is 0 Å². The molecule has 0 aliphatic carbocycles. The Labute approximate surface area is 71.7 Å². The largest absolute Gasteiger partial charge is 0.394 e. The van der Waals surface area contributed by atoms with Gasteiger partial charge in [-0.2, -0.15) is 0 Å². The number of rotatable bonds is 3. The lowest BCUT2D eigenvalue weighted by molar-refractivity contribution is 0.281. The molecular weight excluding hydrogens is 154 g/mol. The fourth-order valence-corrected chi connectivity index (χ4v) is 0.835. The minimum Gasteiger partial charge on any atom is -0.394 e. The second-order valence-electron chi connectivity index (χ2n) is 2.72. The fourth-order valence-electron chi connectivity index (χ4n) is 0.835. The Morgan fingerprint density at radius 2 is 2.42 bits per heavy atom. The number of aliphatic hydroxyl groups excluding tert-OH is 1. The Hall–Kier alpha value is -1.16. The summed E-state index contributed by atoms with van der Waals surface area (Å²) in [6.45, 7) is 3.81. The van der Waals surface area contributed by atoms with Gasteiger partial charge in [-0.1, -0.05) is 0 Å². The third-order valence-electron chi connectivity index (χ3n) is 1.44. The average Bonchev–Trinajstić information content (AvgIpc) is 2.04. The van der Waals surface area contributed by atoms with E-state index >= 15 is 0 Å². The molecule has 2 N–H and O–H groups in total. The van der Waals surface area contributed by atoms with Crippen LogP contribution in [0.15, 0.2) is 12.3 Å². The van der Waals surface area contributed by atoms with E-state index in [-0.39, 0.29) is 12.6 Å². The zero-order chi connectivity index (χ0) is 8.97. The second-order valence-corrected chi connectivity index (χ2v) is 2.72. The molecule has 66 valence electrons. The molecule has 0 aliphatic heterocycles. The Morgan fingerprint density at radius 1 is 1.67 bits per heavy atom. The van der Waals surface area contributed by atoms with Crippen molar-refractivity contribution in [2.75, 3.05) is 11.9 Å². The van der Waals surface area contributed by atoms with E-state index in [0.29, 0.717) is 0 Å². The van der Waals surface area contributed by atoms with Crippen molar-refractivity contribution in [3.63, 3.8) is 0 Å². The SMILES string of the molecule is Cc1nccc(NC(C)CO)n1. The highest BCUT2D eigenvalue weighted by Crippen LogP contribution is 2.02. The molecule has 0 radical (unpaired) electrons. The number of aryl methyl sites for hydroxylation is 1. The van der Waals surface area contributed by atoms with Crippen LogP contribution >= 0.6 is 0 Å². The van der Waals surface area contributed by atoms with Crippen molar-refractivity contribution < 1.29 is 5.11 Å². The molecular formula is C8H13N3O. The van der Waals surface area contributed by atoms with Gasteiger partial charge in [-0.05, 0) is 19.9 Å². The molecule has 0 aromatic carbocycles. The lowest BCUT2D eigenvalue weighted by atomic mass is 10.3. The highest BCUT2D eigenvalue weighted by atomic mass is 16.3. The van der Waals surface area contributed by atoms with Crippen LogP contribution < -0.4 is 5.32 Å². The van der Waals surface area contributed by atoms with Gasteiger partial charge in [0.1, 0.15) is 11.6 Å². The molecule has 4 heteroatoms. The van der Waals surface area contributed by atoms with Gasteiger partial charge < -0.3 is 10.4 Å². The summed E-state index contributed by atoms with van der Waals surface area (Å²) >= 11 is 0. The van der Waals surface area contributed by atoms with E-state index in [1.54, 1.807) is 12.3 Å². The topological polar surface area (TPSA) is 58.0 Å². The van der Waals surface area contributed by atoms with Gasteiger partial charge in [0.15, 0.2) is 0 Å². The minimum atomic E-state index is 0.0271. The predicted molar refractivity (Wildman–Crippen MR) is 46.9 cm³/mol. The number of hydrogen-bond acceptors (Lipinski definition) is 4. The first-order valence-corrected chi connectivity index (χ1v) is 3.89. The van der Waals surface area contributed by atoms with Crippen LogP contribution in [0.4, 0.5) is 5.82 Å². The predicted octanol–water partition coefficient (Wildman–Crippen LogP) is 0.578. The van der Waals surface area contributed by atoms with Crippen LogP contribution in [0.25, 0.3) is 0 Å². The van der Waals surface area contributed by atoms with Crippen molar-refractivity contribution in [2.24, 2.45) is 0 Å². The molecule has 0 saturated carbocycles. The lowest BCUT2D eigenvalue weighted by Gasteiger charge is -2.10. The van der Waals surface area contributed by atoms with Crippen molar-refractivity contribution in [2.45, 2.75) is 19.9 Å². The van der Waals surface area contributed by atoms with Crippen LogP contribution in [0.3, 0.4) is 0 Å². The summed E-state index contributed by atoms with van der Waals surface area (Å²) in [6, 6.07) is 1.80. The average molecular weight is 167 g/mol. The number of nitrogens with zero attached hydrogens (tertiary/aromatic N) is 2. The molecule has 0 bridgehead atoms. The third-order valence-corrected chi connectivity index (χ3v) is 1.44. The first-order chi connectivity index (χ1) is 5.72. The molecule has 1 aromatic rings. The van der Waals surface area contributed by atoms with Crippen LogP contribution in [0.5, 0.6) is 0 Å². The first kappa shape index (κ1) is 8.93. The third kappa shape index (κ3) is 2.47. The van der Waals surface area contributed by atoms with E-state index in [1.165, 1.54) is 0 Å². The Morgan fingerprint density at radius 3 is 3.00 bits per heavy atom. The number of nitrogens with one attached hydrogen (secondary N) is 1. The van der Waals surface area contributed by atoms with Crippen molar-refractivity contribution in [3.8, 4) is 0 Å². The summed E-state index contributed by atoms with van der Waals surface area (Å²) in [4.78, 5) is 8.09. The fraction of sp³-hybridized carbons (Fsp3) is 0.500. The van der Waals surface area contributed by atoms with Gasteiger partial charge in [0.25, 0.3) is 0 Å². The normalized spacial score (nSPS) is 12.6. The number of hydrogen-bond donors (Lipinski definition) is 2. The molecule has 1 atom stereocenters. The van der Waals surface area contributed by atoms with Crippen molar-refractivity contribution in [3.05, 3.63) is 18.1 Å². The van der Waals surface area contributed by atoms with Crippen molar-refractivity contribution in [1.82, 2.24) is 9.97 Å². The maximum atomic E-state index is 8.76. The van der Waals surface area contributed by atoms with Gasteiger partial charge in [0.05, 0.1) is 6.61 Å². The number of aromatic nitrogens is 2. The smallest absolute Gasteiger partial charge is 0.129 e. The number of aliphatic hydroxyl groups is 1. The monoisotopic (exact) mass is 167 g/mol. The molecule has 12 heavy (non-hydrogen) atoms. The summed E-state index contributed by atoms with van der Waals surface area (Å²) in [7, 11) is 0. The minimum absolute atomic E-state index is 0.0271. The summed E-state index contributed by atoms with van der Waals surface area (Å²) in [5.41, 5.74) is 0.